The molecule has 0 bridgehead atoms. The van der Waals surface area contributed by atoms with Crippen LogP contribution in [-0.2, 0) is 10.0 Å². The average Bonchev–Trinajstić information content (AvgIpc) is 2.52. The maximum absolute atomic E-state index is 13.0. The molecule has 2 rings (SSSR count). The van der Waals surface area contributed by atoms with Gasteiger partial charge in [0.2, 0.25) is 10.0 Å². The standard InChI is InChI=1S/C18H28BrNO3S/c1-4-5-6-9-23-18-11-16(7-8-17(18)19)24(21,22)20-12-14(2)10-15(3)13-20/h7-8,11,14-15H,4-6,9-10,12-13H2,1-3H3/t14-,15-/m0/s1. The normalized spacial score (nSPS) is 22.5. The molecule has 1 fully saturated rings. The van der Waals surface area contributed by atoms with Gasteiger partial charge in [0.1, 0.15) is 5.75 Å². The molecule has 0 amide bonds. The van der Waals surface area contributed by atoms with Crippen LogP contribution < -0.4 is 4.74 Å². The van der Waals surface area contributed by atoms with E-state index in [0.29, 0.717) is 42.2 Å². The van der Waals surface area contributed by atoms with Crippen LogP contribution in [0.2, 0.25) is 0 Å². The highest BCUT2D eigenvalue weighted by Gasteiger charge is 2.32. The summed E-state index contributed by atoms with van der Waals surface area (Å²) < 4.78 is 34.1. The van der Waals surface area contributed by atoms with Crippen LogP contribution >= 0.6 is 15.9 Å². The second-order valence-electron chi connectivity index (χ2n) is 6.92. The van der Waals surface area contributed by atoms with Crippen molar-refractivity contribution in [2.75, 3.05) is 19.7 Å². The molecule has 1 aromatic carbocycles. The van der Waals surface area contributed by atoms with Gasteiger partial charge >= 0.3 is 0 Å². The van der Waals surface area contributed by atoms with Crippen LogP contribution in [0.5, 0.6) is 5.75 Å². The summed E-state index contributed by atoms with van der Waals surface area (Å²) >= 11 is 3.45. The quantitative estimate of drug-likeness (QED) is 0.604. The number of ether oxygens (including phenoxy) is 1. The fourth-order valence-corrected chi connectivity index (χ4v) is 5.30. The number of sulfonamides is 1. The van der Waals surface area contributed by atoms with Crippen molar-refractivity contribution >= 4 is 26.0 Å². The smallest absolute Gasteiger partial charge is 0.243 e. The first kappa shape index (κ1) is 19.7. The van der Waals surface area contributed by atoms with Crippen LogP contribution in [0.15, 0.2) is 27.6 Å². The molecule has 1 aliphatic rings. The van der Waals surface area contributed by atoms with E-state index in [1.807, 2.05) is 0 Å². The minimum atomic E-state index is -3.47. The highest BCUT2D eigenvalue weighted by atomic mass is 79.9. The molecule has 136 valence electrons. The Morgan fingerprint density at radius 2 is 1.88 bits per heavy atom. The molecular formula is C18H28BrNO3S. The summed E-state index contributed by atoms with van der Waals surface area (Å²) in [5.41, 5.74) is 0. The summed E-state index contributed by atoms with van der Waals surface area (Å²) in [5.74, 6) is 1.39. The van der Waals surface area contributed by atoms with Crippen molar-refractivity contribution in [2.45, 2.75) is 51.3 Å². The molecule has 1 heterocycles. The molecule has 1 aliphatic heterocycles. The van der Waals surface area contributed by atoms with E-state index in [-0.39, 0.29) is 0 Å². The highest BCUT2D eigenvalue weighted by Crippen LogP contribution is 2.32. The second-order valence-corrected chi connectivity index (χ2v) is 9.71. The lowest BCUT2D eigenvalue weighted by atomic mass is 9.94. The molecule has 1 aromatic rings. The van der Waals surface area contributed by atoms with E-state index in [9.17, 15) is 8.42 Å². The van der Waals surface area contributed by atoms with Crippen LogP contribution in [0.3, 0.4) is 0 Å². The Balaban J connectivity index is 2.17. The Hall–Kier alpha value is -0.590. The number of halogens is 1. The molecule has 0 saturated carbocycles. The fraction of sp³-hybridized carbons (Fsp3) is 0.667. The summed E-state index contributed by atoms with van der Waals surface area (Å²) in [6, 6.07) is 5.07. The number of hydrogen-bond donors (Lipinski definition) is 0. The molecule has 0 N–H and O–H groups in total. The Morgan fingerprint density at radius 1 is 1.21 bits per heavy atom. The van der Waals surface area contributed by atoms with E-state index in [2.05, 4.69) is 36.7 Å². The van der Waals surface area contributed by atoms with Crippen molar-refractivity contribution in [3.63, 3.8) is 0 Å². The molecule has 0 unspecified atom stereocenters. The topological polar surface area (TPSA) is 46.6 Å². The number of benzene rings is 1. The molecule has 24 heavy (non-hydrogen) atoms. The number of rotatable bonds is 7. The number of unbranched alkanes of at least 4 members (excludes halogenated alkanes) is 2. The molecule has 0 aliphatic carbocycles. The number of nitrogens with zero attached hydrogens (tertiary/aromatic N) is 1. The van der Waals surface area contributed by atoms with Crippen molar-refractivity contribution in [3.8, 4) is 5.75 Å². The minimum Gasteiger partial charge on any atom is -0.492 e. The predicted molar refractivity (Wildman–Crippen MR) is 101 cm³/mol. The third-order valence-corrected chi connectivity index (χ3v) is 6.86. The molecule has 6 heteroatoms. The summed E-state index contributed by atoms with van der Waals surface area (Å²) in [6.07, 6.45) is 4.29. The van der Waals surface area contributed by atoms with Gasteiger partial charge in [-0.05, 0) is 52.7 Å². The van der Waals surface area contributed by atoms with Crippen molar-refractivity contribution in [2.24, 2.45) is 11.8 Å². The van der Waals surface area contributed by atoms with Crippen molar-refractivity contribution < 1.29 is 13.2 Å². The van der Waals surface area contributed by atoms with Gasteiger partial charge < -0.3 is 4.74 Å². The van der Waals surface area contributed by atoms with E-state index >= 15 is 0 Å². The Morgan fingerprint density at radius 3 is 2.50 bits per heavy atom. The van der Waals surface area contributed by atoms with E-state index < -0.39 is 10.0 Å². The van der Waals surface area contributed by atoms with E-state index in [4.69, 9.17) is 4.74 Å². The van der Waals surface area contributed by atoms with Crippen LogP contribution in [0.1, 0.15) is 46.5 Å². The molecule has 0 aromatic heterocycles. The zero-order valence-corrected chi connectivity index (χ0v) is 17.2. The lowest BCUT2D eigenvalue weighted by molar-refractivity contribution is 0.222. The van der Waals surface area contributed by atoms with Gasteiger partial charge in [-0.15, -0.1) is 0 Å². The van der Waals surface area contributed by atoms with Crippen LogP contribution in [0.25, 0.3) is 0 Å². The Kier molecular flexibility index (Phi) is 7.13. The summed E-state index contributed by atoms with van der Waals surface area (Å²) in [4.78, 5) is 0.317. The molecule has 4 nitrogen and oxygen atoms in total. The minimum absolute atomic E-state index is 0.317. The third kappa shape index (κ3) is 4.96. The highest BCUT2D eigenvalue weighted by molar-refractivity contribution is 9.10. The van der Waals surface area contributed by atoms with Crippen LogP contribution in [-0.4, -0.2) is 32.4 Å². The lowest BCUT2D eigenvalue weighted by Gasteiger charge is -2.34. The van der Waals surface area contributed by atoms with Gasteiger partial charge in [-0.25, -0.2) is 8.42 Å². The van der Waals surface area contributed by atoms with Crippen molar-refractivity contribution in [3.05, 3.63) is 22.7 Å². The van der Waals surface area contributed by atoms with Gasteiger partial charge in [0.05, 0.1) is 16.0 Å². The van der Waals surface area contributed by atoms with Gasteiger partial charge in [0, 0.05) is 19.2 Å². The number of hydrogen-bond acceptors (Lipinski definition) is 3. The van der Waals surface area contributed by atoms with E-state index in [0.717, 1.165) is 30.2 Å². The summed E-state index contributed by atoms with van der Waals surface area (Å²) in [7, 11) is -3.47. The first-order valence-corrected chi connectivity index (χ1v) is 11.0. The number of piperidine rings is 1. The van der Waals surface area contributed by atoms with E-state index in [1.165, 1.54) is 0 Å². The zero-order chi connectivity index (χ0) is 17.7. The first-order chi connectivity index (χ1) is 11.3. The molecule has 0 radical (unpaired) electrons. The third-order valence-electron chi connectivity index (χ3n) is 4.38. The SMILES string of the molecule is CCCCCOc1cc(S(=O)(=O)N2C[C@@H](C)C[C@H](C)C2)ccc1Br. The largest absolute Gasteiger partial charge is 0.492 e. The zero-order valence-electron chi connectivity index (χ0n) is 14.8. The fourth-order valence-electron chi connectivity index (χ4n) is 3.24. The first-order valence-electron chi connectivity index (χ1n) is 8.77. The van der Waals surface area contributed by atoms with Crippen molar-refractivity contribution in [1.82, 2.24) is 4.31 Å². The van der Waals surface area contributed by atoms with Gasteiger partial charge in [-0.3, -0.25) is 0 Å². The van der Waals surface area contributed by atoms with Gasteiger partial charge in [-0.2, -0.15) is 4.31 Å². The Bertz CT molecular complexity index is 638. The Labute approximate surface area is 154 Å². The lowest BCUT2D eigenvalue weighted by Crippen LogP contribution is -2.42. The van der Waals surface area contributed by atoms with Gasteiger partial charge in [0.25, 0.3) is 0 Å². The van der Waals surface area contributed by atoms with Gasteiger partial charge in [0.15, 0.2) is 0 Å². The molecule has 1 saturated heterocycles. The summed E-state index contributed by atoms with van der Waals surface area (Å²) in [6.45, 7) is 8.16. The van der Waals surface area contributed by atoms with Crippen LogP contribution in [0.4, 0.5) is 0 Å². The maximum Gasteiger partial charge on any atom is 0.243 e. The van der Waals surface area contributed by atoms with Crippen LogP contribution in [0, 0.1) is 11.8 Å². The average molecular weight is 418 g/mol. The van der Waals surface area contributed by atoms with Gasteiger partial charge in [-0.1, -0.05) is 33.6 Å². The second kappa shape index (κ2) is 8.68. The van der Waals surface area contributed by atoms with E-state index in [1.54, 1.807) is 22.5 Å². The maximum atomic E-state index is 13.0. The molecular weight excluding hydrogens is 390 g/mol. The molecule has 2 atom stereocenters. The molecule has 0 spiro atoms. The van der Waals surface area contributed by atoms with Crippen molar-refractivity contribution in [1.29, 1.82) is 0 Å². The predicted octanol–water partition coefficient (Wildman–Crippen LogP) is 4.68. The monoisotopic (exact) mass is 417 g/mol. The summed E-state index contributed by atoms with van der Waals surface area (Å²) in [5, 5.41) is 0.